The van der Waals surface area contributed by atoms with Crippen LogP contribution < -0.4 is 11.5 Å². The summed E-state index contributed by atoms with van der Waals surface area (Å²) in [6.07, 6.45) is 1.98. The third-order valence-electron chi connectivity index (χ3n) is 1.88. The SMILES string of the molecule is Nc1ccc(C[C@H](N)CC=O)cc1. The Morgan fingerprint density at radius 3 is 2.46 bits per heavy atom. The summed E-state index contributed by atoms with van der Waals surface area (Å²) < 4.78 is 0. The standard InChI is InChI=1S/C10H14N2O/c11-9-3-1-8(2-4-9)7-10(12)5-6-13/h1-4,6,10H,5,7,11-12H2/t10-/m1/s1. The van der Waals surface area contributed by atoms with Gasteiger partial charge in [0.25, 0.3) is 0 Å². The Hall–Kier alpha value is -1.35. The molecule has 0 aliphatic rings. The maximum Gasteiger partial charge on any atom is 0.121 e. The van der Waals surface area contributed by atoms with E-state index >= 15 is 0 Å². The van der Waals surface area contributed by atoms with Crippen LogP contribution in [-0.2, 0) is 11.2 Å². The number of carbonyl (C=O) groups is 1. The van der Waals surface area contributed by atoms with Gasteiger partial charge >= 0.3 is 0 Å². The van der Waals surface area contributed by atoms with Gasteiger partial charge < -0.3 is 16.3 Å². The first-order chi connectivity index (χ1) is 6.22. The molecule has 1 aromatic rings. The minimum absolute atomic E-state index is 0.0823. The summed E-state index contributed by atoms with van der Waals surface area (Å²) in [4.78, 5) is 10.2. The van der Waals surface area contributed by atoms with Gasteiger partial charge in [-0.1, -0.05) is 12.1 Å². The van der Waals surface area contributed by atoms with E-state index in [0.29, 0.717) is 6.42 Å². The third-order valence-corrected chi connectivity index (χ3v) is 1.88. The first kappa shape index (κ1) is 9.74. The monoisotopic (exact) mass is 178 g/mol. The van der Waals surface area contributed by atoms with Gasteiger partial charge in [0.1, 0.15) is 6.29 Å². The average Bonchev–Trinajstić information content (AvgIpc) is 2.09. The molecular weight excluding hydrogens is 164 g/mol. The molecule has 1 aromatic carbocycles. The molecule has 4 N–H and O–H groups in total. The molecule has 13 heavy (non-hydrogen) atoms. The minimum Gasteiger partial charge on any atom is -0.399 e. The quantitative estimate of drug-likeness (QED) is 0.527. The fourth-order valence-corrected chi connectivity index (χ4v) is 1.16. The summed E-state index contributed by atoms with van der Waals surface area (Å²) in [5, 5.41) is 0. The zero-order valence-electron chi connectivity index (χ0n) is 7.44. The molecule has 0 saturated heterocycles. The number of hydrogen-bond acceptors (Lipinski definition) is 3. The molecular formula is C10H14N2O. The van der Waals surface area contributed by atoms with Crippen molar-refractivity contribution in [1.29, 1.82) is 0 Å². The molecule has 3 nitrogen and oxygen atoms in total. The molecule has 0 spiro atoms. The van der Waals surface area contributed by atoms with Crippen LogP contribution in [-0.4, -0.2) is 12.3 Å². The highest BCUT2D eigenvalue weighted by molar-refractivity contribution is 5.50. The minimum atomic E-state index is -0.0823. The van der Waals surface area contributed by atoms with Gasteiger partial charge in [-0.3, -0.25) is 0 Å². The fourth-order valence-electron chi connectivity index (χ4n) is 1.16. The Kier molecular flexibility index (Phi) is 3.46. The average molecular weight is 178 g/mol. The molecule has 0 aliphatic carbocycles. The maximum atomic E-state index is 10.2. The van der Waals surface area contributed by atoms with Crippen molar-refractivity contribution in [2.45, 2.75) is 18.9 Å². The van der Waals surface area contributed by atoms with Crippen molar-refractivity contribution in [2.75, 3.05) is 5.73 Å². The number of anilines is 1. The molecule has 0 aromatic heterocycles. The van der Waals surface area contributed by atoms with Crippen molar-refractivity contribution in [1.82, 2.24) is 0 Å². The molecule has 0 bridgehead atoms. The van der Waals surface area contributed by atoms with Gasteiger partial charge in [0.05, 0.1) is 0 Å². The van der Waals surface area contributed by atoms with Crippen molar-refractivity contribution in [3.05, 3.63) is 29.8 Å². The van der Waals surface area contributed by atoms with E-state index in [1.54, 1.807) is 0 Å². The lowest BCUT2D eigenvalue weighted by Gasteiger charge is -2.07. The van der Waals surface area contributed by atoms with Gasteiger partial charge in [0, 0.05) is 18.2 Å². The van der Waals surface area contributed by atoms with Crippen LogP contribution in [0.3, 0.4) is 0 Å². The van der Waals surface area contributed by atoms with Gasteiger partial charge in [0.15, 0.2) is 0 Å². The Morgan fingerprint density at radius 2 is 1.92 bits per heavy atom. The zero-order valence-corrected chi connectivity index (χ0v) is 7.44. The number of aldehydes is 1. The lowest BCUT2D eigenvalue weighted by Crippen LogP contribution is -2.22. The molecule has 0 fully saturated rings. The largest absolute Gasteiger partial charge is 0.399 e. The topological polar surface area (TPSA) is 69.1 Å². The van der Waals surface area contributed by atoms with Gasteiger partial charge in [-0.05, 0) is 24.1 Å². The van der Waals surface area contributed by atoms with Crippen LogP contribution in [0.4, 0.5) is 5.69 Å². The second-order valence-electron chi connectivity index (χ2n) is 3.11. The van der Waals surface area contributed by atoms with Crippen LogP contribution in [0.5, 0.6) is 0 Å². The molecule has 0 amide bonds. The normalized spacial score (nSPS) is 12.4. The molecule has 3 heteroatoms. The Bertz CT molecular complexity index is 269. The molecule has 0 aliphatic heterocycles. The summed E-state index contributed by atoms with van der Waals surface area (Å²) in [5.41, 5.74) is 13.1. The van der Waals surface area contributed by atoms with Crippen molar-refractivity contribution >= 4 is 12.0 Å². The molecule has 1 rings (SSSR count). The molecule has 0 radical (unpaired) electrons. The van der Waals surface area contributed by atoms with E-state index in [2.05, 4.69) is 0 Å². The molecule has 70 valence electrons. The van der Waals surface area contributed by atoms with Crippen LogP contribution in [0.15, 0.2) is 24.3 Å². The highest BCUT2D eigenvalue weighted by Gasteiger charge is 2.02. The number of hydrogen-bond donors (Lipinski definition) is 2. The van der Waals surface area contributed by atoms with Crippen molar-refractivity contribution in [3.63, 3.8) is 0 Å². The molecule has 1 atom stereocenters. The number of carbonyl (C=O) groups excluding carboxylic acids is 1. The van der Waals surface area contributed by atoms with E-state index in [1.807, 2.05) is 24.3 Å². The van der Waals surface area contributed by atoms with Gasteiger partial charge in [-0.2, -0.15) is 0 Å². The molecule has 0 unspecified atom stereocenters. The van der Waals surface area contributed by atoms with Crippen LogP contribution in [0, 0.1) is 0 Å². The molecule has 0 heterocycles. The highest BCUT2D eigenvalue weighted by Crippen LogP contribution is 2.07. The smallest absolute Gasteiger partial charge is 0.121 e. The predicted octanol–water partition coefficient (Wildman–Crippen LogP) is 0.728. The fraction of sp³-hybridized carbons (Fsp3) is 0.300. The summed E-state index contributed by atoms with van der Waals surface area (Å²) >= 11 is 0. The van der Waals surface area contributed by atoms with Gasteiger partial charge in [0.2, 0.25) is 0 Å². The second-order valence-corrected chi connectivity index (χ2v) is 3.11. The predicted molar refractivity (Wildman–Crippen MR) is 53.2 cm³/mol. The lowest BCUT2D eigenvalue weighted by molar-refractivity contribution is -0.108. The zero-order chi connectivity index (χ0) is 9.68. The number of benzene rings is 1. The van der Waals surface area contributed by atoms with Crippen molar-refractivity contribution < 1.29 is 4.79 Å². The van der Waals surface area contributed by atoms with Crippen LogP contribution in [0.25, 0.3) is 0 Å². The second kappa shape index (κ2) is 4.62. The van der Waals surface area contributed by atoms with Crippen LogP contribution >= 0.6 is 0 Å². The Labute approximate surface area is 77.7 Å². The van der Waals surface area contributed by atoms with Gasteiger partial charge in [-0.25, -0.2) is 0 Å². The first-order valence-corrected chi connectivity index (χ1v) is 4.26. The lowest BCUT2D eigenvalue weighted by atomic mass is 10.0. The summed E-state index contributed by atoms with van der Waals surface area (Å²) in [5.74, 6) is 0. The van der Waals surface area contributed by atoms with Crippen LogP contribution in [0.2, 0.25) is 0 Å². The van der Waals surface area contributed by atoms with E-state index in [0.717, 1.165) is 24.0 Å². The Morgan fingerprint density at radius 1 is 1.31 bits per heavy atom. The van der Waals surface area contributed by atoms with E-state index in [4.69, 9.17) is 11.5 Å². The summed E-state index contributed by atoms with van der Waals surface area (Å²) in [7, 11) is 0. The summed E-state index contributed by atoms with van der Waals surface area (Å²) in [6, 6.07) is 7.45. The third kappa shape index (κ3) is 3.25. The summed E-state index contributed by atoms with van der Waals surface area (Å²) in [6.45, 7) is 0. The van der Waals surface area contributed by atoms with Crippen LogP contribution in [0.1, 0.15) is 12.0 Å². The van der Waals surface area contributed by atoms with E-state index in [1.165, 1.54) is 0 Å². The van der Waals surface area contributed by atoms with Gasteiger partial charge in [-0.15, -0.1) is 0 Å². The maximum absolute atomic E-state index is 10.2. The number of nitrogens with two attached hydrogens (primary N) is 2. The van der Waals surface area contributed by atoms with Crippen molar-refractivity contribution in [3.8, 4) is 0 Å². The number of rotatable bonds is 4. The number of nitrogen functional groups attached to an aromatic ring is 1. The van der Waals surface area contributed by atoms with Crippen molar-refractivity contribution in [2.24, 2.45) is 5.73 Å². The first-order valence-electron chi connectivity index (χ1n) is 4.26. The van der Waals surface area contributed by atoms with E-state index in [9.17, 15) is 4.79 Å². The Balaban J connectivity index is 2.53. The highest BCUT2D eigenvalue weighted by atomic mass is 16.1. The van der Waals surface area contributed by atoms with E-state index < -0.39 is 0 Å². The molecule has 0 saturated carbocycles. The van der Waals surface area contributed by atoms with E-state index in [-0.39, 0.29) is 6.04 Å².